The molecule has 26 heavy (non-hydrogen) atoms. The summed E-state index contributed by atoms with van der Waals surface area (Å²) >= 11 is 0. The predicted molar refractivity (Wildman–Crippen MR) is 92.1 cm³/mol. The van der Waals surface area contributed by atoms with E-state index in [4.69, 9.17) is 9.26 Å². The van der Waals surface area contributed by atoms with Crippen LogP contribution < -0.4 is 10.1 Å². The number of ether oxygens (including phenoxy) is 1. The van der Waals surface area contributed by atoms with Crippen molar-refractivity contribution in [2.24, 2.45) is 0 Å². The van der Waals surface area contributed by atoms with Crippen LogP contribution in [-0.2, 0) is 35.7 Å². The second kappa shape index (κ2) is 6.92. The van der Waals surface area contributed by atoms with Crippen LogP contribution in [0, 0.1) is 0 Å². The predicted octanol–water partition coefficient (Wildman–Crippen LogP) is 1.94. The fraction of sp³-hybridized carbons (Fsp3) is 0.421. The van der Waals surface area contributed by atoms with Crippen LogP contribution in [0.5, 0.6) is 5.75 Å². The number of aromatic nitrogens is 1. The van der Waals surface area contributed by atoms with Crippen molar-refractivity contribution >= 4 is 11.8 Å². The van der Waals surface area contributed by atoms with Gasteiger partial charge in [0.1, 0.15) is 12.4 Å². The Hall–Kier alpha value is -2.67. The quantitative estimate of drug-likeness (QED) is 0.825. The van der Waals surface area contributed by atoms with Gasteiger partial charge in [0.2, 0.25) is 11.8 Å². The van der Waals surface area contributed by atoms with Crippen molar-refractivity contribution in [1.82, 2.24) is 15.4 Å². The second-order valence-electron chi connectivity index (χ2n) is 6.69. The highest BCUT2D eigenvalue weighted by Gasteiger charge is 2.35. The van der Waals surface area contributed by atoms with Crippen molar-refractivity contribution in [2.45, 2.75) is 51.9 Å². The molecule has 1 aromatic carbocycles. The van der Waals surface area contributed by atoms with Crippen molar-refractivity contribution in [3.63, 3.8) is 0 Å². The molecule has 7 heteroatoms. The van der Waals surface area contributed by atoms with Gasteiger partial charge in [-0.3, -0.25) is 19.8 Å². The first kappa shape index (κ1) is 16.8. The molecule has 1 fully saturated rings. The van der Waals surface area contributed by atoms with E-state index in [0.717, 1.165) is 29.0 Å². The van der Waals surface area contributed by atoms with Gasteiger partial charge in [-0.15, -0.1) is 0 Å². The molecule has 0 bridgehead atoms. The van der Waals surface area contributed by atoms with Crippen LogP contribution in [0.1, 0.15) is 42.3 Å². The fourth-order valence-electron chi connectivity index (χ4n) is 3.54. The number of amides is 2. The van der Waals surface area contributed by atoms with Crippen molar-refractivity contribution in [3.8, 4) is 5.75 Å². The maximum Gasteiger partial charge on any atom is 0.243 e. The molecular formula is C19H21N3O4. The Kier molecular flexibility index (Phi) is 4.46. The summed E-state index contributed by atoms with van der Waals surface area (Å²) in [6, 6.07) is 7.58. The molecule has 1 saturated heterocycles. The van der Waals surface area contributed by atoms with E-state index >= 15 is 0 Å². The Balaban J connectivity index is 1.46. The average molecular weight is 355 g/mol. The highest BCUT2D eigenvalue weighted by molar-refractivity contribution is 6.00. The zero-order valence-electron chi connectivity index (χ0n) is 14.7. The summed E-state index contributed by atoms with van der Waals surface area (Å²) in [5, 5.41) is 6.40. The molecule has 4 rings (SSSR count). The normalized spacial score (nSPS) is 20.1. The maximum atomic E-state index is 12.1. The number of nitrogens with one attached hydrogen (secondary N) is 1. The number of benzene rings is 1. The Morgan fingerprint density at radius 3 is 3.00 bits per heavy atom. The van der Waals surface area contributed by atoms with Gasteiger partial charge in [0.05, 0.1) is 11.7 Å². The van der Waals surface area contributed by atoms with E-state index in [2.05, 4.69) is 21.4 Å². The summed E-state index contributed by atoms with van der Waals surface area (Å²) in [5.41, 5.74) is 3.15. The molecule has 1 aromatic heterocycles. The van der Waals surface area contributed by atoms with E-state index < -0.39 is 0 Å². The van der Waals surface area contributed by atoms with Crippen LogP contribution in [0.3, 0.4) is 0 Å². The number of hydrogen-bond acceptors (Lipinski definition) is 6. The lowest BCUT2D eigenvalue weighted by atomic mass is 10.0. The molecule has 2 amide bonds. The number of piperidine rings is 1. The first-order valence-corrected chi connectivity index (χ1v) is 8.90. The number of carbonyl (C=O) groups is 2. The lowest BCUT2D eigenvalue weighted by molar-refractivity contribution is -0.137. The molecule has 1 atom stereocenters. The highest BCUT2D eigenvalue weighted by atomic mass is 16.5. The average Bonchev–Trinajstić information content (AvgIpc) is 3.26. The van der Waals surface area contributed by atoms with Gasteiger partial charge in [-0.2, -0.15) is 0 Å². The van der Waals surface area contributed by atoms with Gasteiger partial charge in [0.15, 0.2) is 5.76 Å². The lowest BCUT2D eigenvalue weighted by Crippen LogP contribution is -2.50. The molecule has 2 aliphatic rings. The Morgan fingerprint density at radius 1 is 1.35 bits per heavy atom. The molecule has 1 N–H and O–H groups in total. The molecule has 0 spiro atoms. The molecule has 0 aliphatic carbocycles. The van der Waals surface area contributed by atoms with Crippen molar-refractivity contribution in [1.29, 1.82) is 0 Å². The molecule has 0 radical (unpaired) electrons. The smallest absolute Gasteiger partial charge is 0.243 e. The number of fused-ring (bicyclic) bond motifs is 1. The van der Waals surface area contributed by atoms with Gasteiger partial charge >= 0.3 is 0 Å². The first-order chi connectivity index (χ1) is 12.6. The SMILES string of the molecule is CCc1cc(COc2cccc3c2CN(C2CCC(=O)NC2=O)C3)on1. The number of rotatable bonds is 5. The molecule has 0 saturated carbocycles. The van der Waals surface area contributed by atoms with E-state index in [1.165, 1.54) is 0 Å². The summed E-state index contributed by atoms with van der Waals surface area (Å²) in [5.74, 6) is 1.10. The van der Waals surface area contributed by atoms with Crippen LogP contribution >= 0.6 is 0 Å². The van der Waals surface area contributed by atoms with Gasteiger partial charge in [0.25, 0.3) is 0 Å². The number of hydrogen-bond donors (Lipinski definition) is 1. The van der Waals surface area contributed by atoms with Gasteiger partial charge in [-0.1, -0.05) is 24.2 Å². The monoisotopic (exact) mass is 355 g/mol. The Labute approximate surface area is 151 Å². The number of aryl methyl sites for hydroxylation is 1. The third-order valence-electron chi connectivity index (χ3n) is 4.96. The summed E-state index contributed by atoms with van der Waals surface area (Å²) in [4.78, 5) is 25.6. The zero-order chi connectivity index (χ0) is 18.1. The topological polar surface area (TPSA) is 84.7 Å². The minimum Gasteiger partial charge on any atom is -0.485 e. The summed E-state index contributed by atoms with van der Waals surface area (Å²) in [6.07, 6.45) is 1.77. The van der Waals surface area contributed by atoms with Gasteiger partial charge in [-0.05, 0) is 24.5 Å². The van der Waals surface area contributed by atoms with Crippen molar-refractivity contribution < 1.29 is 18.8 Å². The zero-order valence-corrected chi connectivity index (χ0v) is 14.7. The van der Waals surface area contributed by atoms with Crippen LogP contribution in [0.4, 0.5) is 0 Å². The van der Waals surface area contributed by atoms with E-state index in [1.54, 1.807) is 0 Å². The molecular weight excluding hydrogens is 334 g/mol. The molecule has 7 nitrogen and oxygen atoms in total. The maximum absolute atomic E-state index is 12.1. The van der Waals surface area contributed by atoms with Crippen LogP contribution in [-0.4, -0.2) is 27.9 Å². The van der Waals surface area contributed by atoms with Crippen LogP contribution in [0.15, 0.2) is 28.8 Å². The highest BCUT2D eigenvalue weighted by Crippen LogP contribution is 2.33. The molecule has 136 valence electrons. The Morgan fingerprint density at radius 2 is 2.23 bits per heavy atom. The van der Waals surface area contributed by atoms with E-state index in [0.29, 0.717) is 38.3 Å². The standard InChI is InChI=1S/C19H21N3O4/c1-2-13-8-14(26-21-13)11-25-17-5-3-4-12-9-22(10-15(12)17)16-6-7-18(23)20-19(16)24/h3-5,8,16H,2,6-7,9-11H2,1H3,(H,20,23,24). The molecule has 1 unspecified atom stereocenters. The summed E-state index contributed by atoms with van der Waals surface area (Å²) < 4.78 is 11.2. The lowest BCUT2D eigenvalue weighted by Gasteiger charge is -2.29. The minimum atomic E-state index is -0.269. The third kappa shape index (κ3) is 3.22. The Bertz CT molecular complexity index is 845. The number of nitrogens with zero attached hydrogens (tertiary/aromatic N) is 2. The second-order valence-corrected chi connectivity index (χ2v) is 6.69. The van der Waals surface area contributed by atoms with Gasteiger partial charge in [0, 0.05) is 31.1 Å². The van der Waals surface area contributed by atoms with Gasteiger partial charge < -0.3 is 9.26 Å². The fourth-order valence-corrected chi connectivity index (χ4v) is 3.54. The molecule has 3 heterocycles. The van der Waals surface area contributed by atoms with Crippen molar-refractivity contribution in [3.05, 3.63) is 46.8 Å². The summed E-state index contributed by atoms with van der Waals surface area (Å²) in [6.45, 7) is 3.66. The third-order valence-corrected chi connectivity index (χ3v) is 4.96. The number of carbonyl (C=O) groups excluding carboxylic acids is 2. The van der Waals surface area contributed by atoms with E-state index in [-0.39, 0.29) is 17.9 Å². The van der Waals surface area contributed by atoms with Crippen LogP contribution in [0.2, 0.25) is 0 Å². The van der Waals surface area contributed by atoms with Crippen molar-refractivity contribution in [2.75, 3.05) is 0 Å². The van der Waals surface area contributed by atoms with E-state index in [9.17, 15) is 9.59 Å². The first-order valence-electron chi connectivity index (χ1n) is 8.90. The minimum absolute atomic E-state index is 0.189. The van der Waals surface area contributed by atoms with Gasteiger partial charge in [-0.25, -0.2) is 0 Å². The molecule has 2 aromatic rings. The number of imide groups is 1. The van der Waals surface area contributed by atoms with E-state index in [1.807, 2.05) is 25.1 Å². The summed E-state index contributed by atoms with van der Waals surface area (Å²) in [7, 11) is 0. The van der Waals surface area contributed by atoms with Crippen LogP contribution in [0.25, 0.3) is 0 Å². The largest absolute Gasteiger partial charge is 0.485 e. The molecule has 2 aliphatic heterocycles.